The lowest BCUT2D eigenvalue weighted by atomic mass is 10.1. The molecule has 1 amide bonds. The van der Waals surface area contributed by atoms with Gasteiger partial charge in [0.2, 0.25) is 5.91 Å². The number of nitrogens with zero attached hydrogens (tertiary/aromatic N) is 4. The van der Waals surface area contributed by atoms with Gasteiger partial charge in [0.05, 0.1) is 5.75 Å². The second-order valence-corrected chi connectivity index (χ2v) is 7.84. The van der Waals surface area contributed by atoms with Crippen molar-refractivity contribution in [3.05, 3.63) is 46.9 Å². The van der Waals surface area contributed by atoms with E-state index in [1.54, 1.807) is 0 Å². The summed E-state index contributed by atoms with van der Waals surface area (Å²) >= 11 is 7.43. The molecular formula is C18H18ClN5O2S. The van der Waals surface area contributed by atoms with Crippen LogP contribution in [0.4, 0.5) is 0 Å². The predicted molar refractivity (Wildman–Crippen MR) is 102 cm³/mol. The minimum atomic E-state index is -0.329. The largest absolute Gasteiger partial charge is 0.370 e. The van der Waals surface area contributed by atoms with Gasteiger partial charge in [-0.15, -0.1) is 10.2 Å². The van der Waals surface area contributed by atoms with Crippen molar-refractivity contribution in [3.8, 4) is 11.3 Å². The van der Waals surface area contributed by atoms with Gasteiger partial charge < -0.3 is 14.8 Å². The average Bonchev–Trinajstić information content (AvgIpc) is 3.24. The zero-order valence-electron chi connectivity index (χ0n) is 14.5. The fraction of sp³-hybridized carbons (Fsp3) is 0.333. The fourth-order valence-electron chi connectivity index (χ4n) is 2.76. The molecule has 1 aliphatic rings. The molecule has 1 aromatic carbocycles. The number of primary amides is 1. The Labute approximate surface area is 165 Å². The Morgan fingerprint density at radius 1 is 1.30 bits per heavy atom. The van der Waals surface area contributed by atoms with Crippen LogP contribution < -0.4 is 5.73 Å². The van der Waals surface area contributed by atoms with Crippen LogP contribution >= 0.6 is 23.4 Å². The maximum absolute atomic E-state index is 11.2. The summed E-state index contributed by atoms with van der Waals surface area (Å²) in [5, 5.41) is 14.2. The molecule has 2 aromatic heterocycles. The summed E-state index contributed by atoms with van der Waals surface area (Å²) in [6.07, 6.45) is 2.51. The first-order valence-electron chi connectivity index (χ1n) is 8.66. The number of nitrogens with two attached hydrogens (primary N) is 1. The molecule has 1 fully saturated rings. The van der Waals surface area contributed by atoms with E-state index in [4.69, 9.17) is 21.9 Å². The van der Waals surface area contributed by atoms with Gasteiger partial charge in [0.15, 0.2) is 5.16 Å². The summed E-state index contributed by atoms with van der Waals surface area (Å²) in [5.74, 6) is 2.37. The Balaban J connectivity index is 1.45. The molecule has 2 heterocycles. The number of rotatable bonds is 8. The summed E-state index contributed by atoms with van der Waals surface area (Å²) < 4.78 is 7.44. The Morgan fingerprint density at radius 2 is 2.07 bits per heavy atom. The molecule has 0 bridgehead atoms. The highest BCUT2D eigenvalue weighted by atomic mass is 35.5. The topological polar surface area (TPSA) is 99.8 Å². The summed E-state index contributed by atoms with van der Waals surface area (Å²) in [5.41, 5.74) is 7.01. The van der Waals surface area contributed by atoms with E-state index < -0.39 is 0 Å². The Morgan fingerprint density at radius 3 is 2.78 bits per heavy atom. The highest BCUT2D eigenvalue weighted by Gasteiger charge is 2.30. The van der Waals surface area contributed by atoms with E-state index >= 15 is 0 Å². The van der Waals surface area contributed by atoms with Crippen LogP contribution in [0.1, 0.15) is 36.8 Å². The average molecular weight is 404 g/mol. The minimum Gasteiger partial charge on any atom is -0.370 e. The van der Waals surface area contributed by atoms with Gasteiger partial charge in [-0.25, -0.2) is 0 Å². The molecule has 7 nitrogen and oxygen atoms in total. The predicted octanol–water partition coefficient (Wildman–Crippen LogP) is 3.63. The SMILES string of the molecule is NC(=O)CCn1c(SCc2cc(-c3ccc(Cl)cc3)no2)nnc1C1CC1. The number of hydrogen-bond donors (Lipinski definition) is 1. The summed E-state index contributed by atoms with van der Waals surface area (Å²) in [6, 6.07) is 9.35. The van der Waals surface area contributed by atoms with Crippen LogP contribution in [0.15, 0.2) is 40.0 Å². The van der Waals surface area contributed by atoms with Gasteiger partial charge in [-0.2, -0.15) is 0 Å². The first-order valence-corrected chi connectivity index (χ1v) is 10.0. The van der Waals surface area contributed by atoms with Gasteiger partial charge in [-0.1, -0.05) is 40.7 Å². The first-order chi connectivity index (χ1) is 13.1. The van der Waals surface area contributed by atoms with Crippen LogP contribution in [0.5, 0.6) is 0 Å². The second-order valence-electron chi connectivity index (χ2n) is 6.46. The minimum absolute atomic E-state index is 0.272. The molecule has 1 aliphatic carbocycles. The van der Waals surface area contributed by atoms with Gasteiger partial charge in [0.25, 0.3) is 0 Å². The number of benzene rings is 1. The standard InChI is InChI=1S/C18H18ClN5O2S/c19-13-5-3-11(4-6-13)15-9-14(26-23-15)10-27-18-22-21-17(12-1-2-12)24(18)8-7-16(20)25/h3-6,9,12H,1-2,7-8,10H2,(H2,20,25). The zero-order chi connectivity index (χ0) is 18.8. The van der Waals surface area contributed by atoms with Crippen molar-refractivity contribution in [3.63, 3.8) is 0 Å². The zero-order valence-corrected chi connectivity index (χ0v) is 16.0. The van der Waals surface area contributed by atoms with E-state index in [-0.39, 0.29) is 12.3 Å². The number of amides is 1. The summed E-state index contributed by atoms with van der Waals surface area (Å²) in [7, 11) is 0. The van der Waals surface area contributed by atoms with Crippen molar-refractivity contribution in [2.45, 2.75) is 42.6 Å². The number of thioether (sulfide) groups is 1. The fourth-order valence-corrected chi connectivity index (χ4v) is 3.73. The normalized spacial score (nSPS) is 13.8. The third-order valence-electron chi connectivity index (χ3n) is 4.31. The van der Waals surface area contributed by atoms with Crippen molar-refractivity contribution in [1.29, 1.82) is 0 Å². The van der Waals surface area contributed by atoms with Crippen LogP contribution in [-0.2, 0) is 17.1 Å². The van der Waals surface area contributed by atoms with Gasteiger partial charge in [0, 0.05) is 35.5 Å². The van der Waals surface area contributed by atoms with Gasteiger partial charge >= 0.3 is 0 Å². The molecule has 9 heteroatoms. The third-order valence-corrected chi connectivity index (χ3v) is 5.55. The molecular weight excluding hydrogens is 386 g/mol. The molecule has 0 atom stereocenters. The van der Waals surface area contributed by atoms with E-state index in [2.05, 4.69) is 15.4 Å². The molecule has 4 rings (SSSR count). The maximum atomic E-state index is 11.2. The van der Waals surface area contributed by atoms with E-state index in [1.165, 1.54) is 11.8 Å². The van der Waals surface area contributed by atoms with Crippen molar-refractivity contribution < 1.29 is 9.32 Å². The highest BCUT2D eigenvalue weighted by Crippen LogP contribution is 2.40. The molecule has 0 saturated heterocycles. The van der Waals surface area contributed by atoms with Crippen molar-refractivity contribution >= 4 is 29.3 Å². The van der Waals surface area contributed by atoms with Crippen molar-refractivity contribution in [1.82, 2.24) is 19.9 Å². The second kappa shape index (κ2) is 7.74. The monoisotopic (exact) mass is 403 g/mol. The van der Waals surface area contributed by atoms with Gasteiger partial charge in [-0.05, 0) is 25.0 Å². The number of halogens is 1. The lowest BCUT2D eigenvalue weighted by Crippen LogP contribution is -2.15. The molecule has 27 heavy (non-hydrogen) atoms. The quantitative estimate of drug-likeness (QED) is 0.576. The van der Waals surface area contributed by atoms with E-state index in [0.29, 0.717) is 23.2 Å². The summed E-state index contributed by atoms with van der Waals surface area (Å²) in [4.78, 5) is 11.2. The Hall–Kier alpha value is -2.32. The van der Waals surface area contributed by atoms with E-state index in [9.17, 15) is 4.79 Å². The molecule has 0 radical (unpaired) electrons. The number of hydrogen-bond acceptors (Lipinski definition) is 6. The molecule has 2 N–H and O–H groups in total. The van der Waals surface area contributed by atoms with Crippen LogP contribution in [-0.4, -0.2) is 25.8 Å². The van der Waals surface area contributed by atoms with Gasteiger partial charge in [0.1, 0.15) is 17.3 Å². The van der Waals surface area contributed by atoms with Crippen molar-refractivity contribution in [2.24, 2.45) is 5.73 Å². The van der Waals surface area contributed by atoms with Crippen LogP contribution in [0.2, 0.25) is 5.02 Å². The molecule has 3 aromatic rings. The molecule has 0 spiro atoms. The highest BCUT2D eigenvalue weighted by molar-refractivity contribution is 7.98. The number of aromatic nitrogens is 4. The third kappa shape index (κ3) is 4.33. The first kappa shape index (κ1) is 18.1. The Kier molecular flexibility index (Phi) is 5.18. The van der Waals surface area contributed by atoms with Crippen LogP contribution in [0.3, 0.4) is 0 Å². The van der Waals surface area contributed by atoms with E-state index in [0.717, 1.165) is 40.8 Å². The van der Waals surface area contributed by atoms with Gasteiger partial charge in [-0.3, -0.25) is 4.79 Å². The molecule has 0 aliphatic heterocycles. The van der Waals surface area contributed by atoms with Crippen LogP contribution in [0.25, 0.3) is 11.3 Å². The molecule has 1 saturated carbocycles. The molecule has 0 unspecified atom stereocenters. The van der Waals surface area contributed by atoms with Crippen molar-refractivity contribution in [2.75, 3.05) is 0 Å². The summed E-state index contributed by atoms with van der Waals surface area (Å²) in [6.45, 7) is 0.503. The lowest BCUT2D eigenvalue weighted by Gasteiger charge is -2.07. The van der Waals surface area contributed by atoms with Crippen LogP contribution in [0, 0.1) is 0 Å². The molecule has 140 valence electrons. The Bertz CT molecular complexity index is 949. The maximum Gasteiger partial charge on any atom is 0.219 e. The number of carbonyl (C=O) groups excluding carboxylic acids is 1. The number of carbonyl (C=O) groups is 1. The van der Waals surface area contributed by atoms with E-state index in [1.807, 2.05) is 34.9 Å². The smallest absolute Gasteiger partial charge is 0.219 e. The lowest BCUT2D eigenvalue weighted by molar-refractivity contribution is -0.118.